The zero-order valence-electron chi connectivity index (χ0n) is 8.84. The number of carbonyl (C=O) groups is 1. The molecule has 0 amide bonds. The van der Waals surface area contributed by atoms with Crippen LogP contribution in [0.2, 0.25) is 0 Å². The van der Waals surface area contributed by atoms with Crippen LogP contribution in [0.3, 0.4) is 0 Å². The van der Waals surface area contributed by atoms with Crippen molar-refractivity contribution in [1.29, 1.82) is 0 Å². The van der Waals surface area contributed by atoms with Crippen molar-refractivity contribution in [2.24, 2.45) is 5.41 Å². The molecule has 0 N–H and O–H groups in total. The van der Waals surface area contributed by atoms with Crippen molar-refractivity contribution in [2.75, 3.05) is 0 Å². The molecular formula is C13H16O. The number of fused-ring (bicyclic) bond motifs is 1. The molecule has 74 valence electrons. The van der Waals surface area contributed by atoms with Crippen LogP contribution in [-0.2, 0) is 6.42 Å². The predicted octanol–water partition coefficient (Wildman–Crippen LogP) is 3.23. The highest BCUT2D eigenvalue weighted by molar-refractivity contribution is 6.04. The number of Topliss-reactive ketones (excluding diaryl/α,β-unsaturated/α-hetero) is 1. The molecule has 1 nitrogen and oxygen atoms in total. The van der Waals surface area contributed by atoms with Gasteiger partial charge in [-0.3, -0.25) is 4.79 Å². The van der Waals surface area contributed by atoms with Crippen molar-refractivity contribution < 1.29 is 4.79 Å². The van der Waals surface area contributed by atoms with Crippen LogP contribution in [0.15, 0.2) is 24.3 Å². The highest BCUT2D eigenvalue weighted by atomic mass is 16.1. The van der Waals surface area contributed by atoms with Crippen LogP contribution >= 0.6 is 0 Å². The molecular weight excluding hydrogens is 172 g/mol. The first-order chi connectivity index (χ1) is 6.73. The lowest BCUT2D eigenvalue weighted by Gasteiger charge is -2.23. The van der Waals surface area contributed by atoms with E-state index in [-0.39, 0.29) is 5.41 Å². The van der Waals surface area contributed by atoms with Crippen LogP contribution in [0.25, 0.3) is 0 Å². The quantitative estimate of drug-likeness (QED) is 0.696. The van der Waals surface area contributed by atoms with Crippen molar-refractivity contribution in [3.8, 4) is 0 Å². The summed E-state index contributed by atoms with van der Waals surface area (Å²) in [6, 6.07) is 8.02. The highest BCUT2D eigenvalue weighted by Gasteiger charge is 2.41. The molecule has 0 aromatic heterocycles. The molecule has 0 radical (unpaired) electrons. The van der Waals surface area contributed by atoms with Gasteiger partial charge in [-0.2, -0.15) is 0 Å². The molecule has 0 saturated carbocycles. The van der Waals surface area contributed by atoms with Gasteiger partial charge in [0.2, 0.25) is 0 Å². The van der Waals surface area contributed by atoms with Crippen molar-refractivity contribution >= 4 is 5.78 Å². The summed E-state index contributed by atoms with van der Waals surface area (Å²) in [6.07, 6.45) is 2.85. The standard InChI is InChI=1S/C13H16O/c1-3-13(4-2)9-10-7-5-6-8-11(10)12(13)14/h5-8H,3-4,9H2,1-2H3. The Morgan fingerprint density at radius 1 is 1.21 bits per heavy atom. The number of hydrogen-bond donors (Lipinski definition) is 0. The van der Waals surface area contributed by atoms with Gasteiger partial charge >= 0.3 is 0 Å². The Morgan fingerprint density at radius 3 is 2.43 bits per heavy atom. The number of benzene rings is 1. The average Bonchev–Trinajstić information content (AvgIpc) is 2.53. The zero-order valence-corrected chi connectivity index (χ0v) is 8.84. The van der Waals surface area contributed by atoms with E-state index in [9.17, 15) is 4.79 Å². The largest absolute Gasteiger partial charge is 0.294 e. The average molecular weight is 188 g/mol. The van der Waals surface area contributed by atoms with Crippen molar-refractivity contribution in [1.82, 2.24) is 0 Å². The van der Waals surface area contributed by atoms with Crippen molar-refractivity contribution in [3.63, 3.8) is 0 Å². The van der Waals surface area contributed by atoms with Crippen molar-refractivity contribution in [3.05, 3.63) is 35.4 Å². The van der Waals surface area contributed by atoms with Crippen LogP contribution in [-0.4, -0.2) is 5.78 Å². The van der Waals surface area contributed by atoms with Gasteiger partial charge in [0.1, 0.15) is 0 Å². The predicted molar refractivity (Wildman–Crippen MR) is 57.5 cm³/mol. The summed E-state index contributed by atoms with van der Waals surface area (Å²) in [4.78, 5) is 12.2. The summed E-state index contributed by atoms with van der Waals surface area (Å²) in [5.74, 6) is 0.359. The number of hydrogen-bond acceptors (Lipinski definition) is 1. The summed E-state index contributed by atoms with van der Waals surface area (Å²) in [6.45, 7) is 4.24. The van der Waals surface area contributed by atoms with E-state index in [2.05, 4.69) is 19.9 Å². The number of rotatable bonds is 2. The smallest absolute Gasteiger partial charge is 0.169 e. The monoisotopic (exact) mass is 188 g/mol. The minimum absolute atomic E-state index is 0.0936. The van der Waals surface area contributed by atoms with Crippen LogP contribution in [0, 0.1) is 5.41 Å². The maximum absolute atomic E-state index is 12.2. The minimum atomic E-state index is -0.0936. The molecule has 0 spiro atoms. The third-order valence-corrected chi connectivity index (χ3v) is 3.63. The fraction of sp³-hybridized carbons (Fsp3) is 0.462. The van der Waals surface area contributed by atoms with E-state index in [0.29, 0.717) is 5.78 Å². The van der Waals surface area contributed by atoms with Gasteiger partial charge in [-0.05, 0) is 24.8 Å². The van der Waals surface area contributed by atoms with E-state index in [1.165, 1.54) is 5.56 Å². The summed E-state index contributed by atoms with van der Waals surface area (Å²) in [5, 5.41) is 0. The fourth-order valence-corrected chi connectivity index (χ4v) is 2.45. The molecule has 0 aliphatic heterocycles. The summed E-state index contributed by atoms with van der Waals surface area (Å²) >= 11 is 0. The molecule has 0 unspecified atom stereocenters. The van der Waals surface area contributed by atoms with E-state index in [1.54, 1.807) is 0 Å². The normalized spacial score (nSPS) is 18.3. The Bertz CT molecular complexity index is 361. The Balaban J connectivity index is 2.47. The Morgan fingerprint density at radius 2 is 1.86 bits per heavy atom. The first-order valence-electron chi connectivity index (χ1n) is 5.36. The molecule has 0 atom stereocenters. The third-order valence-electron chi connectivity index (χ3n) is 3.63. The van der Waals surface area contributed by atoms with Gasteiger partial charge < -0.3 is 0 Å². The second kappa shape index (κ2) is 3.23. The second-order valence-electron chi connectivity index (χ2n) is 4.15. The first kappa shape index (κ1) is 9.45. The molecule has 1 aliphatic rings. The maximum atomic E-state index is 12.2. The summed E-state index contributed by atoms with van der Waals surface area (Å²) in [7, 11) is 0. The molecule has 1 aromatic carbocycles. The van der Waals surface area contributed by atoms with Crippen LogP contribution in [0.1, 0.15) is 42.6 Å². The van der Waals surface area contributed by atoms with Crippen LogP contribution < -0.4 is 0 Å². The number of carbonyl (C=O) groups excluding carboxylic acids is 1. The molecule has 0 fully saturated rings. The van der Waals surface area contributed by atoms with Gasteiger partial charge in [0, 0.05) is 11.0 Å². The Kier molecular flexibility index (Phi) is 2.18. The van der Waals surface area contributed by atoms with Gasteiger partial charge in [-0.1, -0.05) is 38.1 Å². The van der Waals surface area contributed by atoms with E-state index in [1.807, 2.05) is 18.2 Å². The lowest BCUT2D eigenvalue weighted by Crippen LogP contribution is -2.26. The molecule has 2 rings (SSSR count). The molecule has 1 aromatic rings. The van der Waals surface area contributed by atoms with E-state index >= 15 is 0 Å². The lowest BCUT2D eigenvalue weighted by molar-refractivity contribution is 0.0805. The van der Waals surface area contributed by atoms with Crippen LogP contribution in [0.4, 0.5) is 0 Å². The second-order valence-corrected chi connectivity index (χ2v) is 4.15. The van der Waals surface area contributed by atoms with Gasteiger partial charge in [0.15, 0.2) is 5.78 Å². The molecule has 0 heterocycles. The van der Waals surface area contributed by atoms with E-state index < -0.39 is 0 Å². The molecule has 1 heteroatoms. The first-order valence-corrected chi connectivity index (χ1v) is 5.36. The van der Waals surface area contributed by atoms with Crippen LogP contribution in [0.5, 0.6) is 0 Å². The SMILES string of the molecule is CCC1(CC)Cc2ccccc2C1=O. The lowest BCUT2D eigenvalue weighted by atomic mass is 9.79. The Hall–Kier alpha value is -1.11. The zero-order chi connectivity index (χ0) is 10.2. The van der Waals surface area contributed by atoms with E-state index in [0.717, 1.165) is 24.8 Å². The van der Waals surface area contributed by atoms with Crippen molar-refractivity contribution in [2.45, 2.75) is 33.1 Å². The summed E-state index contributed by atoms with van der Waals surface area (Å²) < 4.78 is 0. The summed E-state index contributed by atoms with van der Waals surface area (Å²) in [5.41, 5.74) is 2.10. The van der Waals surface area contributed by atoms with Gasteiger partial charge in [-0.15, -0.1) is 0 Å². The highest BCUT2D eigenvalue weighted by Crippen LogP contribution is 2.41. The molecule has 0 bridgehead atoms. The Labute approximate surface area is 85.1 Å². The molecule has 0 saturated heterocycles. The minimum Gasteiger partial charge on any atom is -0.294 e. The molecule has 14 heavy (non-hydrogen) atoms. The van der Waals surface area contributed by atoms with Gasteiger partial charge in [0.25, 0.3) is 0 Å². The third kappa shape index (κ3) is 1.12. The topological polar surface area (TPSA) is 17.1 Å². The van der Waals surface area contributed by atoms with Gasteiger partial charge in [-0.25, -0.2) is 0 Å². The maximum Gasteiger partial charge on any atom is 0.169 e. The molecule has 1 aliphatic carbocycles. The van der Waals surface area contributed by atoms with E-state index in [4.69, 9.17) is 0 Å². The fourth-order valence-electron chi connectivity index (χ4n) is 2.45. The van der Waals surface area contributed by atoms with Gasteiger partial charge in [0.05, 0.1) is 0 Å². The number of ketones is 1.